The van der Waals surface area contributed by atoms with Crippen LogP contribution in [0.5, 0.6) is 0 Å². The first kappa shape index (κ1) is 12.1. The van der Waals surface area contributed by atoms with Gasteiger partial charge in [0.1, 0.15) is 5.76 Å². The van der Waals surface area contributed by atoms with Crippen molar-refractivity contribution in [1.82, 2.24) is 0 Å². The Kier molecular flexibility index (Phi) is 3.94. The molecule has 2 rings (SSSR count). The zero-order valence-electron chi connectivity index (χ0n) is 9.80. The molecule has 4 nitrogen and oxygen atoms in total. The minimum Gasteiger partial charge on any atom is -0.465 e. The van der Waals surface area contributed by atoms with Gasteiger partial charge in [-0.25, -0.2) is 0 Å². The first-order valence-electron chi connectivity index (χ1n) is 5.60. The molecule has 0 bridgehead atoms. The lowest BCUT2D eigenvalue weighted by atomic mass is 10.2. The van der Waals surface area contributed by atoms with Crippen molar-refractivity contribution >= 4 is 17.7 Å². The third kappa shape index (κ3) is 3.09. The number of nitrogens with two attached hydrogens (primary N) is 1. The first-order chi connectivity index (χ1) is 8.79. The molecule has 0 aliphatic carbocycles. The molecular weight excluding hydrogens is 228 g/mol. The summed E-state index contributed by atoms with van der Waals surface area (Å²) in [4.78, 5) is 11.7. The Morgan fingerprint density at radius 2 is 2.11 bits per heavy atom. The molecule has 2 aromatic rings. The van der Waals surface area contributed by atoms with Gasteiger partial charge in [0.25, 0.3) is 0 Å². The van der Waals surface area contributed by atoms with Gasteiger partial charge in [0.15, 0.2) is 0 Å². The SMILES string of the molecule is NCc1ccccc1NC(=O)C=Cc1ccco1. The van der Waals surface area contributed by atoms with Crippen LogP contribution in [0.2, 0.25) is 0 Å². The fourth-order valence-corrected chi connectivity index (χ4v) is 1.54. The summed E-state index contributed by atoms with van der Waals surface area (Å²) >= 11 is 0. The Balaban J connectivity index is 2.03. The normalized spacial score (nSPS) is 10.7. The zero-order chi connectivity index (χ0) is 12.8. The van der Waals surface area contributed by atoms with Crippen LogP contribution in [0.1, 0.15) is 11.3 Å². The third-order valence-corrected chi connectivity index (χ3v) is 2.44. The molecule has 0 saturated heterocycles. The van der Waals surface area contributed by atoms with Crippen LogP contribution in [0.4, 0.5) is 5.69 Å². The quantitative estimate of drug-likeness (QED) is 0.809. The van der Waals surface area contributed by atoms with Crippen molar-refractivity contribution in [1.29, 1.82) is 0 Å². The number of nitrogens with one attached hydrogen (secondary N) is 1. The lowest BCUT2D eigenvalue weighted by Gasteiger charge is -2.07. The predicted molar refractivity (Wildman–Crippen MR) is 70.7 cm³/mol. The second-order valence-corrected chi connectivity index (χ2v) is 3.70. The van der Waals surface area contributed by atoms with E-state index in [0.29, 0.717) is 12.3 Å². The molecule has 0 atom stereocenters. The van der Waals surface area contributed by atoms with Crippen LogP contribution >= 0.6 is 0 Å². The molecule has 0 fully saturated rings. The summed E-state index contributed by atoms with van der Waals surface area (Å²) < 4.78 is 5.09. The van der Waals surface area contributed by atoms with Crippen molar-refractivity contribution in [2.45, 2.75) is 6.54 Å². The molecule has 0 aliphatic rings. The summed E-state index contributed by atoms with van der Waals surface area (Å²) in [5.41, 5.74) is 7.22. The minimum absolute atomic E-state index is 0.215. The second-order valence-electron chi connectivity index (χ2n) is 3.70. The Morgan fingerprint density at radius 1 is 1.28 bits per heavy atom. The highest BCUT2D eigenvalue weighted by atomic mass is 16.3. The van der Waals surface area contributed by atoms with E-state index in [0.717, 1.165) is 11.3 Å². The molecular formula is C14H14N2O2. The summed E-state index contributed by atoms with van der Waals surface area (Å²) in [5.74, 6) is 0.421. The summed E-state index contributed by atoms with van der Waals surface area (Å²) in [6.45, 7) is 0.387. The van der Waals surface area contributed by atoms with Crippen molar-refractivity contribution in [3.63, 3.8) is 0 Å². The van der Waals surface area contributed by atoms with Crippen LogP contribution in [0.25, 0.3) is 6.08 Å². The maximum absolute atomic E-state index is 11.7. The fourth-order valence-electron chi connectivity index (χ4n) is 1.54. The van der Waals surface area contributed by atoms with Crippen LogP contribution in [0, 0.1) is 0 Å². The average molecular weight is 242 g/mol. The fraction of sp³-hybridized carbons (Fsp3) is 0.0714. The third-order valence-electron chi connectivity index (χ3n) is 2.44. The lowest BCUT2D eigenvalue weighted by molar-refractivity contribution is -0.111. The highest BCUT2D eigenvalue weighted by Gasteiger charge is 2.02. The Morgan fingerprint density at radius 3 is 2.83 bits per heavy atom. The smallest absolute Gasteiger partial charge is 0.248 e. The van der Waals surface area contributed by atoms with Crippen LogP contribution in [0.3, 0.4) is 0 Å². The number of hydrogen-bond donors (Lipinski definition) is 2. The van der Waals surface area contributed by atoms with E-state index in [2.05, 4.69) is 5.32 Å². The van der Waals surface area contributed by atoms with Gasteiger partial charge in [-0.1, -0.05) is 18.2 Å². The number of carbonyl (C=O) groups is 1. The number of hydrogen-bond acceptors (Lipinski definition) is 3. The summed E-state index contributed by atoms with van der Waals surface area (Å²) in [6.07, 6.45) is 4.59. The van der Waals surface area contributed by atoms with Gasteiger partial charge in [0, 0.05) is 18.3 Å². The highest BCUT2D eigenvalue weighted by molar-refractivity contribution is 6.02. The van der Waals surface area contributed by atoms with Crippen molar-refractivity contribution in [2.75, 3.05) is 5.32 Å². The molecule has 1 amide bonds. The topological polar surface area (TPSA) is 68.3 Å². The van der Waals surface area contributed by atoms with E-state index in [1.54, 1.807) is 24.5 Å². The van der Waals surface area contributed by atoms with E-state index in [1.165, 1.54) is 6.08 Å². The molecule has 0 radical (unpaired) electrons. The van der Waals surface area contributed by atoms with E-state index >= 15 is 0 Å². The molecule has 0 aliphatic heterocycles. The van der Waals surface area contributed by atoms with E-state index in [4.69, 9.17) is 10.2 Å². The maximum atomic E-state index is 11.7. The van der Waals surface area contributed by atoms with Crippen molar-refractivity contribution in [2.24, 2.45) is 5.73 Å². The van der Waals surface area contributed by atoms with E-state index in [1.807, 2.05) is 24.3 Å². The van der Waals surface area contributed by atoms with E-state index < -0.39 is 0 Å². The number of carbonyl (C=O) groups excluding carboxylic acids is 1. The molecule has 1 aromatic heterocycles. The van der Waals surface area contributed by atoms with Crippen LogP contribution in [-0.2, 0) is 11.3 Å². The molecule has 0 unspecified atom stereocenters. The van der Waals surface area contributed by atoms with Crippen molar-refractivity contribution in [3.8, 4) is 0 Å². The Hall–Kier alpha value is -2.33. The number of amides is 1. The molecule has 1 heterocycles. The van der Waals surface area contributed by atoms with Gasteiger partial charge in [-0.2, -0.15) is 0 Å². The molecule has 0 saturated carbocycles. The molecule has 4 heteroatoms. The first-order valence-corrected chi connectivity index (χ1v) is 5.60. The monoisotopic (exact) mass is 242 g/mol. The number of furan rings is 1. The summed E-state index contributed by atoms with van der Waals surface area (Å²) in [7, 11) is 0. The van der Waals surface area contributed by atoms with Crippen LogP contribution in [0.15, 0.2) is 53.2 Å². The standard InChI is InChI=1S/C14H14N2O2/c15-10-11-4-1-2-6-13(11)16-14(17)8-7-12-5-3-9-18-12/h1-9H,10,15H2,(H,16,17). The van der Waals surface area contributed by atoms with Gasteiger partial charge in [-0.15, -0.1) is 0 Å². The van der Waals surface area contributed by atoms with Gasteiger partial charge in [-0.05, 0) is 29.8 Å². The van der Waals surface area contributed by atoms with Gasteiger partial charge < -0.3 is 15.5 Å². The van der Waals surface area contributed by atoms with Crippen LogP contribution < -0.4 is 11.1 Å². The van der Waals surface area contributed by atoms with Crippen molar-refractivity contribution in [3.05, 3.63) is 60.1 Å². The van der Waals surface area contributed by atoms with Gasteiger partial charge >= 0.3 is 0 Å². The van der Waals surface area contributed by atoms with E-state index in [-0.39, 0.29) is 5.91 Å². The summed E-state index contributed by atoms with van der Waals surface area (Å²) in [6, 6.07) is 11.0. The second kappa shape index (κ2) is 5.84. The van der Waals surface area contributed by atoms with Crippen LogP contribution in [-0.4, -0.2) is 5.91 Å². The minimum atomic E-state index is -0.215. The van der Waals surface area contributed by atoms with E-state index in [9.17, 15) is 4.79 Å². The highest BCUT2D eigenvalue weighted by Crippen LogP contribution is 2.14. The Labute approximate surface area is 105 Å². The molecule has 18 heavy (non-hydrogen) atoms. The molecule has 1 aromatic carbocycles. The van der Waals surface area contributed by atoms with Gasteiger partial charge in [-0.3, -0.25) is 4.79 Å². The van der Waals surface area contributed by atoms with Gasteiger partial charge in [0.2, 0.25) is 5.91 Å². The molecule has 3 N–H and O–H groups in total. The number of anilines is 1. The Bertz CT molecular complexity index is 545. The summed E-state index contributed by atoms with van der Waals surface area (Å²) in [5, 5.41) is 2.78. The van der Waals surface area contributed by atoms with Gasteiger partial charge in [0.05, 0.1) is 6.26 Å². The van der Waals surface area contributed by atoms with Crippen molar-refractivity contribution < 1.29 is 9.21 Å². The maximum Gasteiger partial charge on any atom is 0.248 e. The number of rotatable bonds is 4. The number of benzene rings is 1. The predicted octanol–water partition coefficient (Wildman–Crippen LogP) is 2.39. The zero-order valence-corrected chi connectivity index (χ0v) is 9.80. The average Bonchev–Trinajstić information content (AvgIpc) is 2.90. The number of para-hydroxylation sites is 1. The lowest BCUT2D eigenvalue weighted by Crippen LogP contribution is -2.11. The largest absolute Gasteiger partial charge is 0.465 e. The molecule has 92 valence electrons. The molecule has 0 spiro atoms.